The Hall–Kier alpha value is -2.76. The lowest BCUT2D eigenvalue weighted by atomic mass is 10.1. The number of allylic oxidation sites excluding steroid dienone is 1. The Labute approximate surface area is 141 Å². The van der Waals surface area contributed by atoms with E-state index in [1.165, 1.54) is 38.4 Å². The number of carbonyl (C=O) groups excluding carboxylic acids is 2. The maximum absolute atomic E-state index is 12.3. The first-order valence-electron chi connectivity index (χ1n) is 7.60. The second-order valence-corrected chi connectivity index (χ2v) is 5.16. The van der Waals surface area contributed by atoms with Crippen LogP contribution in [0.5, 0.6) is 17.2 Å². The quantitative estimate of drug-likeness (QED) is 0.775. The fourth-order valence-electron chi connectivity index (χ4n) is 2.43. The van der Waals surface area contributed by atoms with Crippen molar-refractivity contribution in [1.29, 1.82) is 0 Å². The third-order valence-corrected chi connectivity index (χ3v) is 3.65. The highest BCUT2D eigenvalue weighted by Crippen LogP contribution is 2.38. The zero-order chi connectivity index (χ0) is 17.5. The van der Waals surface area contributed by atoms with Crippen molar-refractivity contribution < 1.29 is 23.8 Å². The van der Waals surface area contributed by atoms with Gasteiger partial charge in [0, 0.05) is 12.6 Å². The van der Waals surface area contributed by atoms with E-state index in [9.17, 15) is 9.59 Å². The zero-order valence-corrected chi connectivity index (χ0v) is 14.1. The highest BCUT2D eigenvalue weighted by Gasteiger charge is 2.18. The Bertz CT molecular complexity index is 653. The van der Waals surface area contributed by atoms with Crippen molar-refractivity contribution >= 4 is 17.9 Å². The molecule has 0 atom stereocenters. The minimum absolute atomic E-state index is 0.285. The Balaban J connectivity index is 2.23. The Morgan fingerprint density at radius 1 is 1.12 bits per heavy atom. The largest absolute Gasteiger partial charge is 0.493 e. The molecular weight excluding hydrogens is 310 g/mol. The van der Waals surface area contributed by atoms with Crippen LogP contribution >= 0.6 is 0 Å². The van der Waals surface area contributed by atoms with Crippen molar-refractivity contribution in [1.82, 2.24) is 4.90 Å². The smallest absolute Gasteiger partial charge is 0.253 e. The minimum Gasteiger partial charge on any atom is -0.493 e. The summed E-state index contributed by atoms with van der Waals surface area (Å²) in [5, 5.41) is 0. The first-order valence-corrected chi connectivity index (χ1v) is 7.60. The molecule has 0 fully saturated rings. The van der Waals surface area contributed by atoms with Crippen LogP contribution in [-0.4, -0.2) is 44.6 Å². The molecule has 0 bridgehead atoms. The van der Waals surface area contributed by atoms with Gasteiger partial charge in [0.25, 0.3) is 11.8 Å². The van der Waals surface area contributed by atoms with E-state index in [4.69, 9.17) is 14.2 Å². The van der Waals surface area contributed by atoms with E-state index in [-0.39, 0.29) is 11.8 Å². The van der Waals surface area contributed by atoms with Gasteiger partial charge in [0.2, 0.25) is 5.75 Å². The van der Waals surface area contributed by atoms with Crippen LogP contribution in [0.3, 0.4) is 0 Å². The molecule has 1 aromatic rings. The molecule has 2 rings (SSSR count). The summed E-state index contributed by atoms with van der Waals surface area (Å²) in [7, 11) is 4.58. The maximum Gasteiger partial charge on any atom is 0.253 e. The number of nitrogens with zero attached hydrogens (tertiary/aromatic N) is 1. The minimum atomic E-state index is -0.347. The number of methoxy groups -OCH3 is 3. The van der Waals surface area contributed by atoms with E-state index in [0.29, 0.717) is 29.4 Å². The molecule has 2 amide bonds. The van der Waals surface area contributed by atoms with Crippen LogP contribution in [-0.2, 0) is 9.59 Å². The van der Waals surface area contributed by atoms with E-state index < -0.39 is 0 Å². The summed E-state index contributed by atoms with van der Waals surface area (Å²) in [5.41, 5.74) is 0.704. The van der Waals surface area contributed by atoms with Crippen LogP contribution in [0.15, 0.2) is 30.4 Å². The highest BCUT2D eigenvalue weighted by molar-refractivity contribution is 6.06. The van der Waals surface area contributed by atoms with Gasteiger partial charge in [-0.3, -0.25) is 14.5 Å². The average Bonchev–Trinajstić information content (AvgIpc) is 2.82. The first-order chi connectivity index (χ1) is 11.6. The van der Waals surface area contributed by atoms with E-state index in [2.05, 4.69) is 0 Å². The lowest BCUT2D eigenvalue weighted by Gasteiger charge is -2.15. The van der Waals surface area contributed by atoms with Crippen molar-refractivity contribution in [2.24, 2.45) is 0 Å². The third-order valence-electron chi connectivity index (χ3n) is 3.65. The van der Waals surface area contributed by atoms with Gasteiger partial charge in [-0.25, -0.2) is 0 Å². The predicted molar refractivity (Wildman–Crippen MR) is 90.2 cm³/mol. The summed E-state index contributed by atoms with van der Waals surface area (Å²) in [6.45, 7) is 0.421. The molecule has 0 spiro atoms. The molecule has 128 valence electrons. The van der Waals surface area contributed by atoms with Crippen molar-refractivity contribution in [3.8, 4) is 17.2 Å². The van der Waals surface area contributed by atoms with Gasteiger partial charge in [-0.2, -0.15) is 0 Å². The lowest BCUT2D eigenvalue weighted by Crippen LogP contribution is -2.34. The normalized spacial score (nSPS) is 14.6. The SMILES string of the molecule is COc1cc(/C=C/C(=O)N2CCCC=CC2=O)cc(OC)c1OC. The highest BCUT2D eigenvalue weighted by atomic mass is 16.5. The summed E-state index contributed by atoms with van der Waals surface area (Å²) < 4.78 is 15.8. The van der Waals surface area contributed by atoms with E-state index in [0.717, 1.165) is 12.8 Å². The van der Waals surface area contributed by atoms with Gasteiger partial charge >= 0.3 is 0 Å². The molecule has 0 saturated carbocycles. The van der Waals surface area contributed by atoms with Crippen LogP contribution in [0.4, 0.5) is 0 Å². The molecule has 1 aromatic carbocycles. The van der Waals surface area contributed by atoms with E-state index >= 15 is 0 Å². The van der Waals surface area contributed by atoms with Crippen molar-refractivity contribution in [3.05, 3.63) is 35.9 Å². The van der Waals surface area contributed by atoms with Gasteiger partial charge in [0.15, 0.2) is 11.5 Å². The molecule has 0 saturated heterocycles. The number of amides is 2. The molecule has 0 N–H and O–H groups in total. The fourth-order valence-corrected chi connectivity index (χ4v) is 2.43. The van der Waals surface area contributed by atoms with Crippen molar-refractivity contribution in [2.75, 3.05) is 27.9 Å². The van der Waals surface area contributed by atoms with Crippen LogP contribution in [0, 0.1) is 0 Å². The molecule has 0 unspecified atom stereocenters. The molecule has 6 heteroatoms. The van der Waals surface area contributed by atoms with Gasteiger partial charge in [-0.15, -0.1) is 0 Å². The second-order valence-electron chi connectivity index (χ2n) is 5.16. The average molecular weight is 331 g/mol. The first kappa shape index (κ1) is 17.6. The summed E-state index contributed by atoms with van der Waals surface area (Å²) in [5.74, 6) is 0.846. The van der Waals surface area contributed by atoms with Gasteiger partial charge in [0.05, 0.1) is 21.3 Å². The van der Waals surface area contributed by atoms with E-state index in [1.807, 2.05) is 0 Å². The van der Waals surface area contributed by atoms with Crippen molar-refractivity contribution in [2.45, 2.75) is 12.8 Å². The van der Waals surface area contributed by atoms with Crippen LogP contribution < -0.4 is 14.2 Å². The molecular formula is C18H21NO5. The van der Waals surface area contributed by atoms with Crippen LogP contribution in [0.2, 0.25) is 0 Å². The Kier molecular flexibility index (Phi) is 6.01. The molecule has 6 nitrogen and oxygen atoms in total. The summed E-state index contributed by atoms with van der Waals surface area (Å²) in [6.07, 6.45) is 7.79. The van der Waals surface area contributed by atoms with Gasteiger partial charge in [-0.1, -0.05) is 6.08 Å². The summed E-state index contributed by atoms with van der Waals surface area (Å²) in [4.78, 5) is 25.4. The molecule has 1 aliphatic rings. The molecule has 24 heavy (non-hydrogen) atoms. The lowest BCUT2D eigenvalue weighted by molar-refractivity contribution is -0.138. The van der Waals surface area contributed by atoms with E-state index in [1.54, 1.807) is 24.3 Å². The number of rotatable bonds is 5. The number of hydrogen-bond donors (Lipinski definition) is 0. The number of hydrogen-bond acceptors (Lipinski definition) is 5. The molecule has 1 aliphatic heterocycles. The Morgan fingerprint density at radius 2 is 1.79 bits per heavy atom. The van der Waals surface area contributed by atoms with Crippen LogP contribution in [0.1, 0.15) is 18.4 Å². The zero-order valence-electron chi connectivity index (χ0n) is 14.1. The number of carbonyl (C=O) groups is 2. The number of imide groups is 1. The predicted octanol–water partition coefficient (Wildman–Crippen LogP) is 2.43. The molecule has 1 heterocycles. The summed E-state index contributed by atoms with van der Waals surface area (Å²) in [6, 6.07) is 3.46. The topological polar surface area (TPSA) is 65.1 Å². The Morgan fingerprint density at radius 3 is 2.38 bits per heavy atom. The van der Waals surface area contributed by atoms with Crippen LogP contribution in [0.25, 0.3) is 6.08 Å². The third kappa shape index (κ3) is 3.95. The van der Waals surface area contributed by atoms with Gasteiger partial charge in [0.1, 0.15) is 0 Å². The number of benzene rings is 1. The number of ether oxygens (including phenoxy) is 3. The summed E-state index contributed by atoms with van der Waals surface area (Å²) >= 11 is 0. The molecule has 0 radical (unpaired) electrons. The fraction of sp³-hybridized carbons (Fsp3) is 0.333. The maximum atomic E-state index is 12.3. The van der Waals surface area contributed by atoms with Gasteiger partial charge < -0.3 is 14.2 Å². The molecule has 0 aliphatic carbocycles. The standard InChI is InChI=1S/C18H21NO5/c1-22-14-11-13(12-15(23-2)18(14)24-3)8-9-17(21)19-10-6-4-5-7-16(19)20/h5,7-9,11-12H,4,6,10H2,1-3H3/b9-8+. The van der Waals surface area contributed by atoms with Gasteiger partial charge in [-0.05, 0) is 42.7 Å². The monoisotopic (exact) mass is 331 g/mol. The second kappa shape index (κ2) is 8.19. The molecule has 0 aromatic heterocycles. The van der Waals surface area contributed by atoms with Crippen molar-refractivity contribution in [3.63, 3.8) is 0 Å².